The molecule has 5 nitrogen and oxygen atoms in total. The summed E-state index contributed by atoms with van der Waals surface area (Å²) in [5.74, 6) is 0.566. The van der Waals surface area contributed by atoms with Crippen molar-refractivity contribution in [2.24, 2.45) is 0 Å². The number of anilines is 2. The van der Waals surface area contributed by atoms with Crippen molar-refractivity contribution in [3.8, 4) is 0 Å². The molecule has 1 N–H and O–H groups in total. The van der Waals surface area contributed by atoms with Crippen molar-refractivity contribution in [2.45, 2.75) is 19.8 Å². The Morgan fingerprint density at radius 3 is 2.81 bits per heavy atom. The number of rotatable bonds is 2. The van der Waals surface area contributed by atoms with Gasteiger partial charge < -0.3 is 10.2 Å². The van der Waals surface area contributed by atoms with Crippen molar-refractivity contribution in [2.75, 3.05) is 23.8 Å². The van der Waals surface area contributed by atoms with E-state index in [0.717, 1.165) is 25.1 Å². The van der Waals surface area contributed by atoms with Crippen molar-refractivity contribution in [1.82, 2.24) is 10.2 Å². The maximum absolute atomic E-state index is 12.7. The van der Waals surface area contributed by atoms with Crippen LogP contribution in [0.1, 0.15) is 28.0 Å². The first kappa shape index (κ1) is 13.5. The minimum Gasteiger partial charge on any atom is -0.372 e. The highest BCUT2D eigenvalue weighted by molar-refractivity contribution is 6.05. The van der Waals surface area contributed by atoms with Gasteiger partial charge in [-0.3, -0.25) is 4.79 Å². The van der Waals surface area contributed by atoms with Gasteiger partial charge in [0.25, 0.3) is 5.91 Å². The van der Waals surface area contributed by atoms with Crippen molar-refractivity contribution in [1.29, 1.82) is 0 Å². The summed E-state index contributed by atoms with van der Waals surface area (Å²) in [5, 5.41) is 10.9. The molecule has 1 aromatic carbocycles. The molecule has 0 radical (unpaired) electrons. The predicted molar refractivity (Wildman–Crippen MR) is 82.8 cm³/mol. The summed E-state index contributed by atoms with van der Waals surface area (Å²) in [6.45, 7) is 2.80. The van der Waals surface area contributed by atoms with Gasteiger partial charge in [0, 0.05) is 19.3 Å². The molecule has 0 fully saturated rings. The highest BCUT2D eigenvalue weighted by atomic mass is 16.2. The SMILES string of the molecule is CNc1ccc(C(=O)N2CCCc3cc(C)ccc32)nn1. The van der Waals surface area contributed by atoms with Gasteiger partial charge >= 0.3 is 0 Å². The fourth-order valence-electron chi connectivity index (χ4n) is 2.65. The number of hydrogen-bond acceptors (Lipinski definition) is 4. The number of hydrogen-bond donors (Lipinski definition) is 1. The molecule has 1 aliphatic heterocycles. The lowest BCUT2D eigenvalue weighted by molar-refractivity contribution is 0.0979. The van der Waals surface area contributed by atoms with E-state index in [1.54, 1.807) is 24.1 Å². The molecule has 0 saturated carbocycles. The average molecular weight is 282 g/mol. The third-order valence-corrected chi connectivity index (χ3v) is 3.74. The number of nitrogens with zero attached hydrogens (tertiary/aromatic N) is 3. The van der Waals surface area contributed by atoms with Crippen LogP contribution in [0.2, 0.25) is 0 Å². The molecule has 1 amide bonds. The van der Waals surface area contributed by atoms with Crippen LogP contribution in [0.15, 0.2) is 30.3 Å². The molecule has 0 unspecified atom stereocenters. The van der Waals surface area contributed by atoms with E-state index in [4.69, 9.17) is 0 Å². The number of fused-ring (bicyclic) bond motifs is 1. The first-order valence-corrected chi connectivity index (χ1v) is 7.12. The van der Waals surface area contributed by atoms with Crippen LogP contribution in [0.3, 0.4) is 0 Å². The molecule has 0 saturated heterocycles. The van der Waals surface area contributed by atoms with Crippen molar-refractivity contribution in [3.05, 3.63) is 47.2 Å². The molecular formula is C16H18N4O. The fourth-order valence-corrected chi connectivity index (χ4v) is 2.65. The van der Waals surface area contributed by atoms with Gasteiger partial charge in [-0.15, -0.1) is 10.2 Å². The Kier molecular flexibility index (Phi) is 3.56. The number of benzene rings is 1. The van der Waals surface area contributed by atoms with E-state index in [1.807, 2.05) is 12.1 Å². The quantitative estimate of drug-likeness (QED) is 0.919. The van der Waals surface area contributed by atoms with E-state index in [9.17, 15) is 4.79 Å². The van der Waals surface area contributed by atoms with E-state index in [0.29, 0.717) is 11.5 Å². The first-order chi connectivity index (χ1) is 10.2. The lowest BCUT2D eigenvalue weighted by atomic mass is 9.99. The third-order valence-electron chi connectivity index (χ3n) is 3.74. The lowest BCUT2D eigenvalue weighted by Gasteiger charge is -2.29. The van der Waals surface area contributed by atoms with Crippen LogP contribution >= 0.6 is 0 Å². The summed E-state index contributed by atoms with van der Waals surface area (Å²) in [7, 11) is 1.77. The molecule has 0 aliphatic carbocycles. The molecule has 0 bridgehead atoms. The second-order valence-electron chi connectivity index (χ2n) is 5.25. The van der Waals surface area contributed by atoms with E-state index < -0.39 is 0 Å². The number of carbonyl (C=O) groups is 1. The topological polar surface area (TPSA) is 58.1 Å². The highest BCUT2D eigenvalue weighted by Gasteiger charge is 2.24. The molecule has 108 valence electrons. The number of amides is 1. The first-order valence-electron chi connectivity index (χ1n) is 7.12. The molecule has 2 heterocycles. The molecule has 2 aromatic rings. The standard InChI is InChI=1S/C16H18N4O/c1-11-5-7-14-12(10-11)4-3-9-20(14)16(21)13-6-8-15(17-2)19-18-13/h5-8,10H,3-4,9H2,1-2H3,(H,17,19). The molecule has 5 heteroatoms. The van der Waals surface area contributed by atoms with Crippen molar-refractivity contribution < 1.29 is 4.79 Å². The van der Waals surface area contributed by atoms with Gasteiger partial charge in [0.2, 0.25) is 0 Å². The second kappa shape index (κ2) is 5.52. The molecule has 0 spiro atoms. The fraction of sp³-hybridized carbons (Fsp3) is 0.312. The maximum atomic E-state index is 12.7. The lowest BCUT2D eigenvalue weighted by Crippen LogP contribution is -2.36. The number of aryl methyl sites for hydroxylation is 2. The minimum atomic E-state index is -0.0880. The number of nitrogens with one attached hydrogen (secondary N) is 1. The number of carbonyl (C=O) groups excluding carboxylic acids is 1. The smallest absolute Gasteiger partial charge is 0.278 e. The summed E-state index contributed by atoms with van der Waals surface area (Å²) in [6, 6.07) is 9.70. The highest BCUT2D eigenvalue weighted by Crippen LogP contribution is 2.28. The van der Waals surface area contributed by atoms with Crippen LogP contribution in [0.4, 0.5) is 11.5 Å². The third kappa shape index (κ3) is 2.59. The zero-order valence-corrected chi connectivity index (χ0v) is 12.3. The van der Waals surface area contributed by atoms with Crippen LogP contribution in [0.25, 0.3) is 0 Å². The zero-order valence-electron chi connectivity index (χ0n) is 12.3. The minimum absolute atomic E-state index is 0.0880. The normalized spacial score (nSPS) is 13.7. The maximum Gasteiger partial charge on any atom is 0.278 e. The van der Waals surface area contributed by atoms with E-state index in [1.165, 1.54) is 11.1 Å². The summed E-state index contributed by atoms with van der Waals surface area (Å²) in [6.07, 6.45) is 2.00. The average Bonchev–Trinajstić information content (AvgIpc) is 2.53. The van der Waals surface area contributed by atoms with Gasteiger partial charge in [-0.2, -0.15) is 0 Å². The van der Waals surface area contributed by atoms with Gasteiger partial charge in [0.15, 0.2) is 5.69 Å². The largest absolute Gasteiger partial charge is 0.372 e. The van der Waals surface area contributed by atoms with Crippen LogP contribution < -0.4 is 10.2 Å². The van der Waals surface area contributed by atoms with Gasteiger partial charge in [-0.1, -0.05) is 17.7 Å². The molecular weight excluding hydrogens is 264 g/mol. The van der Waals surface area contributed by atoms with Crippen LogP contribution in [-0.4, -0.2) is 29.7 Å². The van der Waals surface area contributed by atoms with Gasteiger partial charge in [-0.25, -0.2) is 0 Å². The summed E-state index contributed by atoms with van der Waals surface area (Å²) in [4.78, 5) is 14.5. The second-order valence-corrected chi connectivity index (χ2v) is 5.25. The van der Waals surface area contributed by atoms with E-state index >= 15 is 0 Å². The Balaban J connectivity index is 1.92. The van der Waals surface area contributed by atoms with Gasteiger partial charge in [0.05, 0.1) is 0 Å². The van der Waals surface area contributed by atoms with Gasteiger partial charge in [0.1, 0.15) is 5.82 Å². The van der Waals surface area contributed by atoms with Crippen LogP contribution in [0.5, 0.6) is 0 Å². The van der Waals surface area contributed by atoms with Crippen LogP contribution in [-0.2, 0) is 6.42 Å². The molecule has 0 atom stereocenters. The Bertz CT molecular complexity index is 666. The number of aromatic nitrogens is 2. The summed E-state index contributed by atoms with van der Waals surface area (Å²) in [5.41, 5.74) is 3.83. The molecule has 1 aromatic heterocycles. The predicted octanol–water partition coefficient (Wildman–Crippen LogP) is 2.42. The Morgan fingerprint density at radius 1 is 1.24 bits per heavy atom. The molecule has 21 heavy (non-hydrogen) atoms. The van der Waals surface area contributed by atoms with Crippen molar-refractivity contribution >= 4 is 17.4 Å². The Hall–Kier alpha value is -2.43. The van der Waals surface area contributed by atoms with Crippen molar-refractivity contribution in [3.63, 3.8) is 0 Å². The molecule has 1 aliphatic rings. The van der Waals surface area contributed by atoms with E-state index in [2.05, 4.69) is 28.5 Å². The summed E-state index contributed by atoms with van der Waals surface area (Å²) >= 11 is 0. The molecule has 3 rings (SSSR count). The Labute approximate surface area is 124 Å². The zero-order chi connectivity index (χ0) is 14.8. The van der Waals surface area contributed by atoms with Gasteiger partial charge in [-0.05, 0) is 43.5 Å². The Morgan fingerprint density at radius 2 is 2.10 bits per heavy atom. The monoisotopic (exact) mass is 282 g/mol. The van der Waals surface area contributed by atoms with Crippen LogP contribution in [0, 0.1) is 6.92 Å². The summed E-state index contributed by atoms with van der Waals surface area (Å²) < 4.78 is 0. The van der Waals surface area contributed by atoms with E-state index in [-0.39, 0.29) is 5.91 Å².